The largest absolute Gasteiger partial charge is 0.478 e. The number of para-hydroxylation sites is 2. The summed E-state index contributed by atoms with van der Waals surface area (Å²) < 4.78 is 5.80. The van der Waals surface area contributed by atoms with Crippen LogP contribution in [0.5, 0.6) is 11.5 Å². The minimum Gasteiger partial charge on any atom is -0.478 e. The Labute approximate surface area is 117 Å². The second kappa shape index (κ2) is 5.65. The molecule has 0 fully saturated rings. The summed E-state index contributed by atoms with van der Waals surface area (Å²) in [6.45, 7) is 4.14. The molecule has 0 aliphatic carbocycles. The summed E-state index contributed by atoms with van der Waals surface area (Å²) in [5.74, 6) is 0.287. The molecule has 0 amide bonds. The number of hydrogen-bond donors (Lipinski definition) is 2. The van der Waals surface area contributed by atoms with Gasteiger partial charge in [0.05, 0.1) is 11.3 Å². The summed E-state index contributed by atoms with van der Waals surface area (Å²) in [7, 11) is 0. The Morgan fingerprint density at radius 2 is 1.75 bits per heavy atom. The maximum absolute atomic E-state index is 11.1. The zero-order valence-corrected chi connectivity index (χ0v) is 11.5. The smallest absolute Gasteiger partial charge is 0.337 e. The third kappa shape index (κ3) is 2.74. The number of benzene rings is 2. The molecule has 0 saturated carbocycles. The molecule has 2 rings (SSSR count). The van der Waals surface area contributed by atoms with Crippen molar-refractivity contribution in [3.63, 3.8) is 0 Å². The monoisotopic (exact) mass is 271 g/mol. The van der Waals surface area contributed by atoms with Crippen LogP contribution < -0.4 is 10.5 Å². The molecule has 4 heteroatoms. The highest BCUT2D eigenvalue weighted by Crippen LogP contribution is 2.34. The van der Waals surface area contributed by atoms with E-state index in [0.29, 0.717) is 17.4 Å². The third-order valence-electron chi connectivity index (χ3n) is 3.06. The fraction of sp³-hybridized carbons (Fsp3) is 0.188. The summed E-state index contributed by atoms with van der Waals surface area (Å²) in [5.41, 5.74) is 7.08. The minimum absolute atomic E-state index is 0.0459. The summed E-state index contributed by atoms with van der Waals surface area (Å²) in [4.78, 5) is 11.1. The van der Waals surface area contributed by atoms with Crippen LogP contribution in [0.4, 0.5) is 5.69 Å². The first-order valence-electron chi connectivity index (χ1n) is 6.39. The van der Waals surface area contributed by atoms with Gasteiger partial charge in [0.25, 0.3) is 0 Å². The van der Waals surface area contributed by atoms with Crippen LogP contribution in [0, 0.1) is 0 Å². The molecule has 2 aromatic carbocycles. The highest BCUT2D eigenvalue weighted by molar-refractivity contribution is 5.95. The number of rotatable bonds is 4. The van der Waals surface area contributed by atoms with E-state index >= 15 is 0 Å². The number of hydrogen-bond acceptors (Lipinski definition) is 3. The van der Waals surface area contributed by atoms with E-state index in [2.05, 4.69) is 13.8 Å². The van der Waals surface area contributed by atoms with Gasteiger partial charge in [-0.15, -0.1) is 0 Å². The van der Waals surface area contributed by atoms with Gasteiger partial charge in [-0.05, 0) is 29.7 Å². The molecular formula is C16H17NO3. The first-order chi connectivity index (χ1) is 9.50. The van der Waals surface area contributed by atoms with Crippen molar-refractivity contribution in [1.82, 2.24) is 0 Å². The third-order valence-corrected chi connectivity index (χ3v) is 3.06. The Kier molecular flexibility index (Phi) is 3.94. The van der Waals surface area contributed by atoms with Crippen LogP contribution in [0.2, 0.25) is 0 Å². The lowest BCUT2D eigenvalue weighted by atomic mass is 10.0. The summed E-state index contributed by atoms with van der Waals surface area (Å²) in [6, 6.07) is 12.4. The van der Waals surface area contributed by atoms with Gasteiger partial charge in [-0.2, -0.15) is 0 Å². The van der Waals surface area contributed by atoms with E-state index in [1.165, 1.54) is 6.07 Å². The standard InChI is InChI=1S/C16H17NO3/c1-10(2)11-6-3-4-8-13(11)20-14-9-5-7-12(15(14)17)16(18)19/h3-10H,17H2,1-2H3,(H,18,19). The average molecular weight is 271 g/mol. The maximum Gasteiger partial charge on any atom is 0.337 e. The highest BCUT2D eigenvalue weighted by Gasteiger charge is 2.14. The van der Waals surface area contributed by atoms with Crippen molar-refractivity contribution in [3.05, 3.63) is 53.6 Å². The number of carbonyl (C=O) groups is 1. The van der Waals surface area contributed by atoms with Gasteiger partial charge in [0.2, 0.25) is 0 Å². The van der Waals surface area contributed by atoms with Gasteiger partial charge in [-0.1, -0.05) is 38.1 Å². The molecule has 0 heterocycles. The quantitative estimate of drug-likeness (QED) is 0.828. The van der Waals surface area contributed by atoms with E-state index in [4.69, 9.17) is 15.6 Å². The van der Waals surface area contributed by atoms with Crippen LogP contribution in [-0.4, -0.2) is 11.1 Å². The molecule has 0 aliphatic rings. The van der Waals surface area contributed by atoms with Crippen LogP contribution in [0.3, 0.4) is 0 Å². The van der Waals surface area contributed by atoms with Gasteiger partial charge in [-0.3, -0.25) is 0 Å². The van der Waals surface area contributed by atoms with Crippen LogP contribution in [-0.2, 0) is 0 Å². The van der Waals surface area contributed by atoms with Gasteiger partial charge in [0.15, 0.2) is 5.75 Å². The molecule has 3 N–H and O–H groups in total. The number of anilines is 1. The van der Waals surface area contributed by atoms with Crippen molar-refractivity contribution in [2.75, 3.05) is 5.73 Å². The second-order valence-electron chi connectivity index (χ2n) is 4.82. The fourth-order valence-electron chi connectivity index (χ4n) is 1.99. The number of carboxylic acids is 1. The molecule has 0 saturated heterocycles. The summed E-state index contributed by atoms with van der Waals surface area (Å²) >= 11 is 0. The van der Waals surface area contributed by atoms with Crippen LogP contribution in [0.25, 0.3) is 0 Å². The van der Waals surface area contributed by atoms with Crippen molar-refractivity contribution in [2.45, 2.75) is 19.8 Å². The summed E-state index contributed by atoms with van der Waals surface area (Å²) in [5, 5.41) is 9.06. The molecule has 0 aliphatic heterocycles. The van der Waals surface area contributed by atoms with Gasteiger partial charge in [-0.25, -0.2) is 4.79 Å². The van der Waals surface area contributed by atoms with E-state index < -0.39 is 5.97 Å². The van der Waals surface area contributed by atoms with Crippen LogP contribution >= 0.6 is 0 Å². The molecule has 0 radical (unpaired) electrons. The zero-order chi connectivity index (χ0) is 14.7. The molecule has 0 aromatic heterocycles. The number of carboxylic acid groups (broad SMARTS) is 1. The molecule has 20 heavy (non-hydrogen) atoms. The molecule has 0 atom stereocenters. The van der Waals surface area contributed by atoms with Crippen LogP contribution in [0.1, 0.15) is 35.7 Å². The average Bonchev–Trinajstić information content (AvgIpc) is 2.41. The fourth-order valence-corrected chi connectivity index (χ4v) is 1.99. The van der Waals surface area contributed by atoms with Gasteiger partial charge >= 0.3 is 5.97 Å². The number of aromatic carboxylic acids is 1. The molecular weight excluding hydrogens is 254 g/mol. The number of nitrogens with two attached hydrogens (primary N) is 1. The predicted octanol–water partition coefficient (Wildman–Crippen LogP) is 3.88. The zero-order valence-electron chi connectivity index (χ0n) is 11.5. The Morgan fingerprint density at radius 3 is 2.40 bits per heavy atom. The molecule has 104 valence electrons. The van der Waals surface area contributed by atoms with Gasteiger partial charge < -0.3 is 15.6 Å². The SMILES string of the molecule is CC(C)c1ccccc1Oc1cccc(C(=O)O)c1N. The molecule has 0 bridgehead atoms. The maximum atomic E-state index is 11.1. The topological polar surface area (TPSA) is 72.5 Å². The van der Waals surface area contributed by atoms with Crippen LogP contribution in [0.15, 0.2) is 42.5 Å². The van der Waals surface area contributed by atoms with Gasteiger partial charge in [0.1, 0.15) is 5.75 Å². The Hall–Kier alpha value is -2.49. The van der Waals surface area contributed by atoms with E-state index in [1.54, 1.807) is 12.1 Å². The Bertz CT molecular complexity index is 635. The van der Waals surface area contributed by atoms with E-state index in [0.717, 1.165) is 5.56 Å². The van der Waals surface area contributed by atoms with Crippen molar-refractivity contribution in [2.24, 2.45) is 0 Å². The normalized spacial score (nSPS) is 10.6. The minimum atomic E-state index is -1.06. The lowest BCUT2D eigenvalue weighted by Gasteiger charge is -2.15. The molecule has 2 aromatic rings. The van der Waals surface area contributed by atoms with Gasteiger partial charge in [0, 0.05) is 0 Å². The first kappa shape index (κ1) is 13.9. The molecule has 4 nitrogen and oxygen atoms in total. The second-order valence-corrected chi connectivity index (χ2v) is 4.82. The number of nitrogen functional groups attached to an aromatic ring is 1. The van der Waals surface area contributed by atoms with Crippen molar-refractivity contribution < 1.29 is 14.6 Å². The summed E-state index contributed by atoms with van der Waals surface area (Å²) in [6.07, 6.45) is 0. The van der Waals surface area contributed by atoms with Crippen molar-refractivity contribution in [3.8, 4) is 11.5 Å². The number of ether oxygens (including phenoxy) is 1. The Morgan fingerprint density at radius 1 is 1.10 bits per heavy atom. The predicted molar refractivity (Wildman–Crippen MR) is 78.4 cm³/mol. The molecule has 0 unspecified atom stereocenters. The lowest BCUT2D eigenvalue weighted by Crippen LogP contribution is -2.04. The first-order valence-corrected chi connectivity index (χ1v) is 6.39. The van der Waals surface area contributed by atoms with Crippen molar-refractivity contribution in [1.29, 1.82) is 0 Å². The molecule has 0 spiro atoms. The van der Waals surface area contributed by atoms with E-state index in [1.807, 2.05) is 24.3 Å². The lowest BCUT2D eigenvalue weighted by molar-refractivity contribution is 0.0697. The van der Waals surface area contributed by atoms with Crippen molar-refractivity contribution >= 4 is 11.7 Å². The highest BCUT2D eigenvalue weighted by atomic mass is 16.5. The Balaban J connectivity index is 2.41. The van der Waals surface area contributed by atoms with E-state index in [9.17, 15) is 4.79 Å². The van der Waals surface area contributed by atoms with E-state index in [-0.39, 0.29) is 11.3 Å².